The summed E-state index contributed by atoms with van der Waals surface area (Å²) in [5.74, 6) is -0.663. The lowest BCUT2D eigenvalue weighted by molar-refractivity contribution is 0.0923. The molecule has 52 heavy (non-hydrogen) atoms. The molecule has 1 saturated heterocycles. The summed E-state index contributed by atoms with van der Waals surface area (Å²) in [7, 11) is 0. The number of nitrogens with one attached hydrogen (secondary N) is 2. The summed E-state index contributed by atoms with van der Waals surface area (Å²) in [4.78, 5) is 46.4. The molecule has 0 aliphatic carbocycles. The summed E-state index contributed by atoms with van der Waals surface area (Å²) in [5.41, 5.74) is 5.89. The second kappa shape index (κ2) is 13.7. The molecule has 1 aliphatic heterocycles. The van der Waals surface area contributed by atoms with Crippen molar-refractivity contribution in [3.05, 3.63) is 101 Å². The fourth-order valence-electron chi connectivity index (χ4n) is 6.67. The third kappa shape index (κ3) is 6.65. The zero-order valence-electron chi connectivity index (χ0n) is 30.1. The summed E-state index contributed by atoms with van der Waals surface area (Å²) in [6.07, 6.45) is 1.12. The standard InChI is InChI=1S/C39H41FN8O4/c1-22-18-28-29(19-30(22)47-14-16-48(17-15-47)38(50)51-20-25-10-8-7-9-11-25)44-34-31(28)33(41-21-42-34)27-13-12-26(23(2)32(27)40)24(3)43-36(49)35-45-37(52-46-35)39(4,5)6/h7-13,18-19,21,24H,14-17,20H2,1-6H3,(H,43,49)(H,41,42,44)/t24-/m1/s1. The number of halogens is 1. The molecule has 1 fully saturated rings. The van der Waals surface area contributed by atoms with Gasteiger partial charge in [0.25, 0.3) is 11.7 Å². The van der Waals surface area contributed by atoms with Crippen molar-refractivity contribution in [3.8, 4) is 11.3 Å². The Morgan fingerprint density at radius 3 is 2.50 bits per heavy atom. The Kier molecular flexibility index (Phi) is 9.11. The van der Waals surface area contributed by atoms with Crippen LogP contribution in [0.25, 0.3) is 33.2 Å². The van der Waals surface area contributed by atoms with Gasteiger partial charge in [-0.1, -0.05) is 62.3 Å². The molecule has 7 rings (SSSR count). The van der Waals surface area contributed by atoms with E-state index in [1.165, 1.54) is 6.33 Å². The Morgan fingerprint density at radius 1 is 1.04 bits per heavy atom. The number of H-pyrrole nitrogens is 1. The molecule has 4 heterocycles. The molecule has 3 aromatic carbocycles. The molecule has 1 atom stereocenters. The Labute approximate surface area is 300 Å². The van der Waals surface area contributed by atoms with Crippen molar-refractivity contribution in [3.63, 3.8) is 0 Å². The maximum atomic E-state index is 16.3. The van der Waals surface area contributed by atoms with Gasteiger partial charge >= 0.3 is 6.09 Å². The van der Waals surface area contributed by atoms with Crippen LogP contribution in [-0.4, -0.2) is 68.2 Å². The Balaban J connectivity index is 1.10. The number of carbonyl (C=O) groups excluding carboxylic acids is 2. The smallest absolute Gasteiger partial charge is 0.410 e. The van der Waals surface area contributed by atoms with E-state index in [9.17, 15) is 9.59 Å². The highest BCUT2D eigenvalue weighted by Crippen LogP contribution is 2.38. The van der Waals surface area contributed by atoms with E-state index >= 15 is 4.39 Å². The first-order valence-corrected chi connectivity index (χ1v) is 17.3. The number of hydrogen-bond acceptors (Lipinski definition) is 9. The fraction of sp³-hybridized carbons (Fsp3) is 0.333. The number of carbonyl (C=O) groups is 2. The lowest BCUT2D eigenvalue weighted by Crippen LogP contribution is -2.49. The topological polar surface area (TPSA) is 142 Å². The van der Waals surface area contributed by atoms with E-state index in [1.807, 2.05) is 58.0 Å². The van der Waals surface area contributed by atoms with E-state index in [-0.39, 0.29) is 18.5 Å². The van der Waals surface area contributed by atoms with Crippen LogP contribution in [0, 0.1) is 19.7 Å². The van der Waals surface area contributed by atoms with E-state index in [0.717, 1.165) is 33.1 Å². The molecule has 2 amide bonds. The van der Waals surface area contributed by atoms with Crippen LogP contribution in [0.3, 0.4) is 0 Å². The molecule has 6 aromatic rings. The van der Waals surface area contributed by atoms with Crippen molar-refractivity contribution in [1.82, 2.24) is 35.3 Å². The number of hydrogen-bond donors (Lipinski definition) is 2. The van der Waals surface area contributed by atoms with Crippen LogP contribution in [0.5, 0.6) is 0 Å². The number of aromatic nitrogens is 5. The monoisotopic (exact) mass is 704 g/mol. The second-order valence-electron chi connectivity index (χ2n) is 14.3. The third-order valence-corrected chi connectivity index (χ3v) is 9.56. The fourth-order valence-corrected chi connectivity index (χ4v) is 6.67. The van der Waals surface area contributed by atoms with E-state index in [2.05, 4.69) is 47.4 Å². The highest BCUT2D eigenvalue weighted by atomic mass is 19.1. The van der Waals surface area contributed by atoms with Gasteiger partial charge < -0.3 is 29.4 Å². The number of fused-ring (bicyclic) bond motifs is 3. The van der Waals surface area contributed by atoms with Gasteiger partial charge in [-0.05, 0) is 61.2 Å². The Hall–Kier alpha value is -5.85. The number of benzene rings is 3. The molecule has 0 spiro atoms. The minimum atomic E-state index is -0.533. The number of rotatable bonds is 7. The van der Waals surface area contributed by atoms with Gasteiger partial charge in [-0.3, -0.25) is 4.79 Å². The highest BCUT2D eigenvalue weighted by Gasteiger charge is 2.27. The first-order valence-electron chi connectivity index (χ1n) is 17.3. The SMILES string of the molecule is Cc1cc2c(cc1N1CCN(C(=O)OCc3ccccc3)CC1)[nH]c1ncnc(-c3ccc([C@@H](C)NC(=O)c4noc(C(C)(C)C)n4)c(C)c3F)c12. The van der Waals surface area contributed by atoms with Crippen LogP contribution in [-0.2, 0) is 16.8 Å². The van der Waals surface area contributed by atoms with E-state index in [4.69, 9.17) is 9.26 Å². The van der Waals surface area contributed by atoms with Crippen molar-refractivity contribution in [1.29, 1.82) is 0 Å². The largest absolute Gasteiger partial charge is 0.445 e. The van der Waals surface area contributed by atoms with Crippen LogP contribution in [0.2, 0.25) is 0 Å². The molecule has 2 N–H and O–H groups in total. The number of anilines is 1. The van der Waals surface area contributed by atoms with Gasteiger partial charge in [-0.15, -0.1) is 0 Å². The summed E-state index contributed by atoms with van der Waals surface area (Å²) in [6, 6.07) is 16.8. The Bertz CT molecular complexity index is 2290. The molecule has 0 bridgehead atoms. The van der Waals surface area contributed by atoms with Crippen molar-refractivity contribution in [2.24, 2.45) is 0 Å². The lowest BCUT2D eigenvalue weighted by Gasteiger charge is -2.36. The Morgan fingerprint density at radius 2 is 1.79 bits per heavy atom. The van der Waals surface area contributed by atoms with Gasteiger partial charge in [0.05, 0.1) is 17.1 Å². The minimum Gasteiger partial charge on any atom is -0.445 e. The molecule has 0 saturated carbocycles. The zero-order valence-corrected chi connectivity index (χ0v) is 30.1. The van der Waals surface area contributed by atoms with Gasteiger partial charge in [0.15, 0.2) is 0 Å². The van der Waals surface area contributed by atoms with Crippen LogP contribution >= 0.6 is 0 Å². The molecular formula is C39H41FN8O4. The number of aromatic amines is 1. The van der Waals surface area contributed by atoms with Crippen LogP contribution in [0.4, 0.5) is 14.9 Å². The summed E-state index contributed by atoms with van der Waals surface area (Å²) < 4.78 is 27.1. The van der Waals surface area contributed by atoms with Crippen LogP contribution in [0.15, 0.2) is 65.4 Å². The first kappa shape index (κ1) is 34.6. The molecule has 3 aromatic heterocycles. The normalized spacial score (nSPS) is 14.2. The first-order chi connectivity index (χ1) is 24.9. The minimum absolute atomic E-state index is 0.0748. The van der Waals surface area contributed by atoms with Crippen molar-refractivity contribution in [2.75, 3.05) is 31.1 Å². The molecule has 12 nitrogen and oxygen atoms in total. The average Bonchev–Trinajstić information content (AvgIpc) is 3.78. The predicted octanol–water partition coefficient (Wildman–Crippen LogP) is 7.16. The van der Waals surface area contributed by atoms with Crippen molar-refractivity contribution in [2.45, 2.75) is 59.6 Å². The summed E-state index contributed by atoms with van der Waals surface area (Å²) >= 11 is 0. The van der Waals surface area contributed by atoms with Gasteiger partial charge in [0, 0.05) is 53.7 Å². The van der Waals surface area contributed by atoms with E-state index in [1.54, 1.807) is 30.9 Å². The molecule has 0 unspecified atom stereocenters. The van der Waals surface area contributed by atoms with Gasteiger partial charge in [0.2, 0.25) is 5.89 Å². The predicted molar refractivity (Wildman–Crippen MR) is 196 cm³/mol. The number of nitrogens with zero attached hydrogens (tertiary/aromatic N) is 6. The van der Waals surface area contributed by atoms with Crippen LogP contribution in [0.1, 0.15) is 72.5 Å². The summed E-state index contributed by atoms with van der Waals surface area (Å²) in [5, 5.41) is 8.29. The van der Waals surface area contributed by atoms with Crippen LogP contribution < -0.4 is 10.2 Å². The van der Waals surface area contributed by atoms with E-state index < -0.39 is 23.2 Å². The molecule has 13 heteroatoms. The lowest BCUT2D eigenvalue weighted by atomic mass is 9.96. The van der Waals surface area contributed by atoms with Gasteiger partial charge in [0.1, 0.15) is 24.4 Å². The van der Waals surface area contributed by atoms with Crippen molar-refractivity contribution >= 4 is 39.6 Å². The maximum Gasteiger partial charge on any atom is 0.410 e. The zero-order chi connectivity index (χ0) is 36.7. The molecular weight excluding hydrogens is 663 g/mol. The quantitative estimate of drug-likeness (QED) is 0.177. The number of amides is 2. The van der Waals surface area contributed by atoms with Gasteiger partial charge in [-0.25, -0.2) is 19.2 Å². The molecule has 268 valence electrons. The number of ether oxygens (including phenoxy) is 1. The van der Waals surface area contributed by atoms with E-state index in [0.29, 0.717) is 60.1 Å². The average molecular weight is 705 g/mol. The third-order valence-electron chi connectivity index (χ3n) is 9.56. The number of piperazine rings is 1. The van der Waals surface area contributed by atoms with Gasteiger partial charge in [-0.2, -0.15) is 4.98 Å². The van der Waals surface area contributed by atoms with Crippen molar-refractivity contribution < 1.29 is 23.2 Å². The maximum absolute atomic E-state index is 16.3. The molecule has 1 aliphatic rings. The molecule has 0 radical (unpaired) electrons. The highest BCUT2D eigenvalue weighted by molar-refractivity contribution is 6.13. The number of aryl methyl sites for hydroxylation is 1. The summed E-state index contributed by atoms with van der Waals surface area (Å²) in [6.45, 7) is 13.9. The second-order valence-corrected chi connectivity index (χ2v) is 14.3.